The third kappa shape index (κ3) is 4.02. The zero-order valence-corrected chi connectivity index (χ0v) is 19.2. The van der Waals surface area contributed by atoms with Gasteiger partial charge in [-0.05, 0) is 60.0 Å². The van der Waals surface area contributed by atoms with E-state index in [0.29, 0.717) is 11.4 Å². The Kier molecular flexibility index (Phi) is 5.46. The smallest absolute Gasteiger partial charge is 0.262 e. The molecule has 0 saturated carbocycles. The minimum atomic E-state index is -0.158. The average molecular weight is 461 g/mol. The summed E-state index contributed by atoms with van der Waals surface area (Å²) in [5, 5.41) is 13.7. The van der Waals surface area contributed by atoms with Gasteiger partial charge in [-0.1, -0.05) is 18.2 Å². The molecule has 0 spiro atoms. The van der Waals surface area contributed by atoms with Gasteiger partial charge in [-0.2, -0.15) is 16.4 Å². The van der Waals surface area contributed by atoms with Gasteiger partial charge in [0.1, 0.15) is 5.75 Å². The zero-order chi connectivity index (χ0) is 22.1. The number of carbonyl (C=O) groups excluding carboxylic acids is 1. The van der Waals surface area contributed by atoms with E-state index >= 15 is 0 Å². The summed E-state index contributed by atoms with van der Waals surface area (Å²) in [6.07, 6.45) is 1.83. The van der Waals surface area contributed by atoms with Crippen LogP contribution in [-0.2, 0) is 4.79 Å². The number of para-hydroxylation sites is 1. The molecule has 6 nitrogen and oxygen atoms in total. The van der Waals surface area contributed by atoms with E-state index in [4.69, 9.17) is 14.8 Å². The first-order chi connectivity index (χ1) is 15.6. The normalized spacial score (nSPS) is 13.8. The van der Waals surface area contributed by atoms with Crippen molar-refractivity contribution in [2.75, 3.05) is 11.9 Å². The highest BCUT2D eigenvalue weighted by atomic mass is 32.1. The molecule has 0 unspecified atom stereocenters. The predicted molar refractivity (Wildman–Crippen MR) is 130 cm³/mol. The van der Waals surface area contributed by atoms with Crippen LogP contribution in [0.25, 0.3) is 11.3 Å². The Labute approximate surface area is 193 Å². The van der Waals surface area contributed by atoms with E-state index in [-0.39, 0.29) is 12.5 Å². The van der Waals surface area contributed by atoms with Crippen LogP contribution in [0.4, 0.5) is 11.4 Å². The van der Waals surface area contributed by atoms with E-state index in [9.17, 15) is 4.79 Å². The third-order valence-corrected chi connectivity index (χ3v) is 6.62. The molecule has 0 radical (unpaired) electrons. The quantitative estimate of drug-likeness (QED) is 0.418. The summed E-state index contributed by atoms with van der Waals surface area (Å²) in [5.74, 6) is 0.506. The summed E-state index contributed by atoms with van der Waals surface area (Å²) in [4.78, 5) is 17.5. The number of carbonyl (C=O) groups is 1. The average Bonchev–Trinajstić information content (AvgIpc) is 3.44. The highest BCUT2D eigenvalue weighted by Crippen LogP contribution is 2.33. The van der Waals surface area contributed by atoms with Gasteiger partial charge in [-0.25, -0.2) is 9.67 Å². The van der Waals surface area contributed by atoms with Gasteiger partial charge < -0.3 is 10.1 Å². The van der Waals surface area contributed by atoms with Gasteiger partial charge >= 0.3 is 0 Å². The van der Waals surface area contributed by atoms with Crippen LogP contribution in [0.15, 0.2) is 68.7 Å². The van der Waals surface area contributed by atoms with Crippen molar-refractivity contribution in [1.82, 2.24) is 4.68 Å². The fourth-order valence-electron chi connectivity index (χ4n) is 3.48. The van der Waals surface area contributed by atoms with Gasteiger partial charge in [0.05, 0.1) is 23.3 Å². The number of hydrogen-bond donors (Lipinski definition) is 1. The molecule has 2 aromatic heterocycles. The highest BCUT2D eigenvalue weighted by Gasteiger charge is 2.18. The molecule has 0 atom stereocenters. The molecule has 0 bridgehead atoms. The number of thiazole rings is 1. The lowest BCUT2D eigenvalue weighted by atomic mass is 10.1. The second-order valence-corrected chi connectivity index (χ2v) is 9.03. The van der Waals surface area contributed by atoms with Gasteiger partial charge in [-0.15, -0.1) is 11.3 Å². The van der Waals surface area contributed by atoms with Crippen molar-refractivity contribution in [1.29, 1.82) is 0 Å². The number of fused-ring (bicyclic) bond motifs is 1. The number of benzene rings is 2. The van der Waals surface area contributed by atoms with E-state index in [2.05, 4.69) is 31.3 Å². The number of aryl methyl sites for hydroxylation is 2. The van der Waals surface area contributed by atoms with Crippen LogP contribution in [0, 0.1) is 13.8 Å². The minimum Gasteiger partial charge on any atom is -0.482 e. The number of aromatic nitrogens is 1. The van der Waals surface area contributed by atoms with Crippen molar-refractivity contribution >= 4 is 46.2 Å². The van der Waals surface area contributed by atoms with Crippen LogP contribution >= 0.6 is 22.7 Å². The van der Waals surface area contributed by atoms with Crippen molar-refractivity contribution in [2.45, 2.75) is 13.8 Å². The number of hydrogen-bond acceptors (Lipinski definition) is 6. The molecular weight excluding hydrogens is 440 g/mol. The summed E-state index contributed by atoms with van der Waals surface area (Å²) in [6, 6.07) is 13.9. The van der Waals surface area contributed by atoms with Crippen LogP contribution in [0.3, 0.4) is 0 Å². The number of ether oxygens (including phenoxy) is 1. The molecular formula is C24H20N4O2S2. The lowest BCUT2D eigenvalue weighted by Crippen LogP contribution is -2.25. The molecule has 4 aromatic rings. The highest BCUT2D eigenvalue weighted by molar-refractivity contribution is 7.08. The molecule has 1 amide bonds. The molecule has 0 fully saturated rings. The topological polar surface area (TPSA) is 68.0 Å². The molecule has 5 rings (SSSR count). The second-order valence-electron chi connectivity index (χ2n) is 7.42. The number of anilines is 1. The first kappa shape index (κ1) is 20.4. The van der Waals surface area contributed by atoms with Crippen molar-refractivity contribution in [3.05, 3.63) is 80.1 Å². The largest absolute Gasteiger partial charge is 0.482 e. The van der Waals surface area contributed by atoms with Gasteiger partial charge in [0.2, 0.25) is 4.80 Å². The summed E-state index contributed by atoms with van der Waals surface area (Å²) >= 11 is 3.15. The first-order valence-corrected chi connectivity index (χ1v) is 11.9. The van der Waals surface area contributed by atoms with Crippen LogP contribution in [0.2, 0.25) is 0 Å². The Morgan fingerprint density at radius 2 is 1.97 bits per heavy atom. The monoisotopic (exact) mass is 460 g/mol. The number of nitrogens with one attached hydrogen (secondary N) is 1. The summed E-state index contributed by atoms with van der Waals surface area (Å²) in [7, 11) is 0. The zero-order valence-electron chi connectivity index (χ0n) is 17.5. The molecule has 1 N–H and O–H groups in total. The fraction of sp³-hybridized carbons (Fsp3) is 0.125. The maximum Gasteiger partial charge on any atom is 0.262 e. The van der Waals surface area contributed by atoms with Crippen LogP contribution in [0.1, 0.15) is 16.7 Å². The Bertz CT molecular complexity index is 1380. The van der Waals surface area contributed by atoms with E-state index in [1.54, 1.807) is 11.3 Å². The van der Waals surface area contributed by atoms with E-state index in [1.165, 1.54) is 11.3 Å². The number of nitrogens with zero attached hydrogens (tertiary/aromatic N) is 3. The van der Waals surface area contributed by atoms with Crippen molar-refractivity contribution in [3.63, 3.8) is 0 Å². The molecule has 32 heavy (non-hydrogen) atoms. The number of amides is 1. The summed E-state index contributed by atoms with van der Waals surface area (Å²) in [6.45, 7) is 4.16. The van der Waals surface area contributed by atoms with E-state index in [0.717, 1.165) is 38.4 Å². The Morgan fingerprint density at radius 1 is 1.12 bits per heavy atom. The molecule has 160 valence electrons. The predicted octanol–water partition coefficient (Wildman–Crippen LogP) is 5.34. The molecule has 1 aliphatic rings. The first-order valence-electron chi connectivity index (χ1n) is 10.0. The summed E-state index contributed by atoms with van der Waals surface area (Å²) < 4.78 is 7.35. The van der Waals surface area contributed by atoms with Gasteiger partial charge in [-0.3, -0.25) is 4.79 Å². The second kappa shape index (κ2) is 8.57. The standard InChI is InChI=1S/C24H20N4O2S2/c1-15-4-3-5-16(2)23(15)27-24-28(25-11-17-8-9-31-13-17)20(14-32-24)18-6-7-21-19(10-18)26-22(29)12-30-21/h3-11,13-14H,12H2,1-2H3,(H,26,29). The van der Waals surface area contributed by atoms with Crippen LogP contribution in [-0.4, -0.2) is 23.4 Å². The molecule has 3 heterocycles. The minimum absolute atomic E-state index is 0.0362. The van der Waals surface area contributed by atoms with Gasteiger partial charge in [0, 0.05) is 16.5 Å². The molecule has 0 aliphatic carbocycles. The van der Waals surface area contributed by atoms with Gasteiger partial charge in [0.25, 0.3) is 5.91 Å². The lowest BCUT2D eigenvalue weighted by Gasteiger charge is -2.18. The lowest BCUT2D eigenvalue weighted by molar-refractivity contribution is -0.118. The van der Waals surface area contributed by atoms with Crippen LogP contribution < -0.4 is 14.9 Å². The molecule has 2 aromatic carbocycles. The van der Waals surface area contributed by atoms with Gasteiger partial charge in [0.15, 0.2) is 6.61 Å². The van der Waals surface area contributed by atoms with Crippen molar-refractivity contribution in [3.8, 4) is 17.0 Å². The van der Waals surface area contributed by atoms with Crippen molar-refractivity contribution < 1.29 is 9.53 Å². The molecule has 8 heteroatoms. The van der Waals surface area contributed by atoms with E-state index < -0.39 is 0 Å². The van der Waals surface area contributed by atoms with Crippen molar-refractivity contribution in [2.24, 2.45) is 10.1 Å². The maximum absolute atomic E-state index is 11.8. The maximum atomic E-state index is 11.8. The Balaban J connectivity index is 1.66. The fourth-order valence-corrected chi connectivity index (χ4v) is 4.93. The Morgan fingerprint density at radius 3 is 2.75 bits per heavy atom. The molecule has 1 aliphatic heterocycles. The number of thiophene rings is 1. The number of rotatable bonds is 4. The third-order valence-electron chi connectivity index (χ3n) is 5.11. The van der Waals surface area contributed by atoms with E-state index in [1.807, 2.05) is 57.4 Å². The SMILES string of the molecule is Cc1cccc(C)c1N=c1scc(-c2ccc3c(c2)NC(=O)CO3)n1N=Cc1ccsc1. The van der Waals surface area contributed by atoms with Crippen LogP contribution in [0.5, 0.6) is 5.75 Å². The summed E-state index contributed by atoms with van der Waals surface area (Å²) in [5.41, 5.74) is 6.66. The Hall–Kier alpha value is -3.49. The molecule has 0 saturated heterocycles.